The number of aromatic hydroxyl groups is 1. The SMILES string of the molecule is OCCCCN(Cc1cccc(O)c1)C1CCC(O)CC1. The Morgan fingerprint density at radius 2 is 1.86 bits per heavy atom. The standard InChI is InChI=1S/C17H27NO3/c19-11-2-1-10-18(15-6-8-16(20)9-7-15)13-14-4-3-5-17(21)12-14/h3-5,12,15-16,19-21H,1-2,6-11,13H2. The molecule has 0 amide bonds. The summed E-state index contributed by atoms with van der Waals surface area (Å²) in [5.41, 5.74) is 1.12. The van der Waals surface area contributed by atoms with Crippen molar-refractivity contribution in [2.45, 2.75) is 57.2 Å². The minimum absolute atomic E-state index is 0.138. The van der Waals surface area contributed by atoms with Gasteiger partial charge in [0, 0.05) is 19.2 Å². The average Bonchev–Trinajstić information content (AvgIpc) is 2.47. The molecule has 118 valence electrons. The quantitative estimate of drug-likeness (QED) is 0.675. The zero-order chi connectivity index (χ0) is 15.1. The lowest BCUT2D eigenvalue weighted by molar-refractivity contribution is 0.0686. The molecule has 0 radical (unpaired) electrons. The fourth-order valence-corrected chi connectivity index (χ4v) is 3.13. The molecular formula is C17H27NO3. The molecule has 2 rings (SSSR count). The predicted octanol–water partition coefficient (Wildman–Crippen LogP) is 2.27. The van der Waals surface area contributed by atoms with Gasteiger partial charge in [-0.2, -0.15) is 0 Å². The summed E-state index contributed by atoms with van der Waals surface area (Å²) in [6.45, 7) is 2.01. The number of rotatable bonds is 7. The third-order valence-corrected chi connectivity index (χ3v) is 4.33. The first-order chi connectivity index (χ1) is 10.2. The van der Waals surface area contributed by atoms with Crippen LogP contribution < -0.4 is 0 Å². The maximum atomic E-state index is 9.66. The smallest absolute Gasteiger partial charge is 0.115 e. The molecule has 0 saturated heterocycles. The Balaban J connectivity index is 1.97. The molecule has 1 saturated carbocycles. The van der Waals surface area contributed by atoms with Gasteiger partial charge in [-0.25, -0.2) is 0 Å². The molecule has 1 aliphatic carbocycles. The van der Waals surface area contributed by atoms with Gasteiger partial charge in [0.25, 0.3) is 0 Å². The summed E-state index contributed by atoms with van der Waals surface area (Å²) in [6.07, 6.45) is 5.47. The van der Waals surface area contributed by atoms with E-state index in [0.717, 1.165) is 57.2 Å². The summed E-state index contributed by atoms with van der Waals surface area (Å²) in [5.74, 6) is 0.307. The molecule has 0 aromatic heterocycles. The molecule has 0 unspecified atom stereocenters. The van der Waals surface area contributed by atoms with E-state index in [9.17, 15) is 10.2 Å². The maximum Gasteiger partial charge on any atom is 0.115 e. The molecule has 4 nitrogen and oxygen atoms in total. The summed E-state index contributed by atoms with van der Waals surface area (Å²) in [7, 11) is 0. The highest BCUT2D eigenvalue weighted by Crippen LogP contribution is 2.25. The topological polar surface area (TPSA) is 63.9 Å². The van der Waals surface area contributed by atoms with Crippen LogP contribution in [-0.2, 0) is 6.54 Å². The minimum atomic E-state index is -0.138. The number of phenols is 1. The molecule has 0 atom stereocenters. The van der Waals surface area contributed by atoms with Crippen molar-refractivity contribution in [1.29, 1.82) is 0 Å². The summed E-state index contributed by atoms with van der Waals surface area (Å²) in [6, 6.07) is 7.92. The number of unbranched alkanes of at least 4 members (excludes halogenated alkanes) is 1. The van der Waals surface area contributed by atoms with Gasteiger partial charge in [0.15, 0.2) is 0 Å². The maximum absolute atomic E-state index is 9.66. The lowest BCUT2D eigenvalue weighted by atomic mass is 9.91. The normalized spacial score (nSPS) is 22.6. The number of nitrogens with zero attached hydrogens (tertiary/aromatic N) is 1. The van der Waals surface area contributed by atoms with Crippen molar-refractivity contribution in [2.75, 3.05) is 13.2 Å². The first-order valence-corrected chi connectivity index (χ1v) is 8.00. The number of benzene rings is 1. The number of hydrogen-bond donors (Lipinski definition) is 3. The lowest BCUT2D eigenvalue weighted by Gasteiger charge is -2.36. The van der Waals surface area contributed by atoms with Gasteiger partial charge in [-0.15, -0.1) is 0 Å². The second-order valence-corrected chi connectivity index (χ2v) is 6.03. The van der Waals surface area contributed by atoms with Crippen molar-refractivity contribution in [3.8, 4) is 5.75 Å². The molecule has 21 heavy (non-hydrogen) atoms. The van der Waals surface area contributed by atoms with E-state index in [1.807, 2.05) is 18.2 Å². The van der Waals surface area contributed by atoms with Crippen LogP contribution in [0.1, 0.15) is 44.1 Å². The van der Waals surface area contributed by atoms with Crippen LogP contribution in [0.3, 0.4) is 0 Å². The van der Waals surface area contributed by atoms with Gasteiger partial charge in [0.1, 0.15) is 5.75 Å². The highest BCUT2D eigenvalue weighted by atomic mass is 16.3. The van der Waals surface area contributed by atoms with Crippen molar-refractivity contribution in [1.82, 2.24) is 4.90 Å². The van der Waals surface area contributed by atoms with Crippen LogP contribution in [0, 0.1) is 0 Å². The zero-order valence-electron chi connectivity index (χ0n) is 12.6. The Morgan fingerprint density at radius 3 is 2.52 bits per heavy atom. The molecule has 4 heteroatoms. The molecule has 0 aliphatic heterocycles. The Morgan fingerprint density at radius 1 is 1.10 bits per heavy atom. The van der Waals surface area contributed by atoms with Gasteiger partial charge in [0.2, 0.25) is 0 Å². The zero-order valence-corrected chi connectivity index (χ0v) is 12.6. The Kier molecular flexibility index (Phi) is 6.49. The van der Waals surface area contributed by atoms with E-state index in [4.69, 9.17) is 5.11 Å². The van der Waals surface area contributed by atoms with Crippen LogP contribution in [0.25, 0.3) is 0 Å². The van der Waals surface area contributed by atoms with E-state index in [0.29, 0.717) is 11.8 Å². The highest BCUT2D eigenvalue weighted by molar-refractivity contribution is 5.27. The second kappa shape index (κ2) is 8.37. The number of phenolic OH excluding ortho intramolecular Hbond substituents is 1. The third kappa shape index (κ3) is 5.30. The number of hydrogen-bond acceptors (Lipinski definition) is 4. The Bertz CT molecular complexity index is 416. The van der Waals surface area contributed by atoms with Crippen LogP contribution in [0.2, 0.25) is 0 Å². The van der Waals surface area contributed by atoms with E-state index in [1.54, 1.807) is 6.07 Å². The molecule has 0 bridgehead atoms. The Labute approximate surface area is 127 Å². The van der Waals surface area contributed by atoms with Crippen molar-refractivity contribution in [2.24, 2.45) is 0 Å². The largest absolute Gasteiger partial charge is 0.508 e. The average molecular weight is 293 g/mol. The number of aliphatic hydroxyl groups is 2. The predicted molar refractivity (Wildman–Crippen MR) is 83.1 cm³/mol. The first kappa shape index (κ1) is 16.3. The van der Waals surface area contributed by atoms with E-state index < -0.39 is 0 Å². The summed E-state index contributed by atoms with van der Waals surface area (Å²) < 4.78 is 0. The Hall–Kier alpha value is -1.10. The van der Waals surface area contributed by atoms with E-state index >= 15 is 0 Å². The molecule has 1 aromatic carbocycles. The molecule has 1 aliphatic rings. The van der Waals surface area contributed by atoms with Gasteiger partial charge >= 0.3 is 0 Å². The summed E-state index contributed by atoms with van der Waals surface area (Å²) in [5, 5.41) is 28.2. The molecular weight excluding hydrogens is 266 g/mol. The van der Waals surface area contributed by atoms with Crippen LogP contribution in [0.4, 0.5) is 0 Å². The molecule has 3 N–H and O–H groups in total. The van der Waals surface area contributed by atoms with E-state index in [1.165, 1.54) is 0 Å². The van der Waals surface area contributed by atoms with Crippen LogP contribution in [0.5, 0.6) is 5.75 Å². The number of aliphatic hydroxyl groups excluding tert-OH is 2. The molecule has 0 spiro atoms. The van der Waals surface area contributed by atoms with Gasteiger partial charge < -0.3 is 15.3 Å². The summed E-state index contributed by atoms with van der Waals surface area (Å²) in [4.78, 5) is 2.44. The monoisotopic (exact) mass is 293 g/mol. The summed E-state index contributed by atoms with van der Waals surface area (Å²) >= 11 is 0. The van der Waals surface area contributed by atoms with Crippen LogP contribution in [0.15, 0.2) is 24.3 Å². The first-order valence-electron chi connectivity index (χ1n) is 8.00. The van der Waals surface area contributed by atoms with Crippen molar-refractivity contribution in [3.63, 3.8) is 0 Å². The van der Waals surface area contributed by atoms with Crippen LogP contribution in [-0.4, -0.2) is 45.5 Å². The lowest BCUT2D eigenvalue weighted by Crippen LogP contribution is -2.39. The second-order valence-electron chi connectivity index (χ2n) is 6.03. The fourth-order valence-electron chi connectivity index (χ4n) is 3.13. The van der Waals surface area contributed by atoms with Crippen molar-refractivity contribution < 1.29 is 15.3 Å². The van der Waals surface area contributed by atoms with Crippen molar-refractivity contribution in [3.05, 3.63) is 29.8 Å². The van der Waals surface area contributed by atoms with Crippen molar-refractivity contribution >= 4 is 0 Å². The molecule has 1 fully saturated rings. The van der Waals surface area contributed by atoms with Gasteiger partial charge in [-0.3, -0.25) is 4.90 Å². The van der Waals surface area contributed by atoms with Gasteiger partial charge in [0.05, 0.1) is 6.10 Å². The van der Waals surface area contributed by atoms with Crippen LogP contribution >= 0.6 is 0 Å². The molecule has 0 heterocycles. The minimum Gasteiger partial charge on any atom is -0.508 e. The van der Waals surface area contributed by atoms with E-state index in [-0.39, 0.29) is 12.7 Å². The van der Waals surface area contributed by atoms with E-state index in [2.05, 4.69) is 4.90 Å². The van der Waals surface area contributed by atoms with Gasteiger partial charge in [-0.05, 0) is 62.8 Å². The highest BCUT2D eigenvalue weighted by Gasteiger charge is 2.24. The fraction of sp³-hybridized carbons (Fsp3) is 0.647. The van der Waals surface area contributed by atoms with Gasteiger partial charge in [-0.1, -0.05) is 12.1 Å². The molecule has 1 aromatic rings. The third-order valence-electron chi connectivity index (χ3n) is 4.33.